The van der Waals surface area contributed by atoms with Gasteiger partial charge in [-0.05, 0) is 104 Å². The average molecular weight is 612 g/mol. The van der Waals surface area contributed by atoms with Gasteiger partial charge in [-0.25, -0.2) is 22.5 Å². The molecular formula is C30H43F2N3O4S2. The van der Waals surface area contributed by atoms with Crippen molar-refractivity contribution < 1.29 is 26.7 Å². The number of anilines is 1. The van der Waals surface area contributed by atoms with Crippen LogP contribution >= 0.6 is 11.9 Å². The van der Waals surface area contributed by atoms with Crippen molar-refractivity contribution in [2.45, 2.75) is 107 Å². The van der Waals surface area contributed by atoms with Crippen molar-refractivity contribution in [3.8, 4) is 0 Å². The number of halogens is 2. The molecule has 0 unspecified atom stereocenters. The van der Waals surface area contributed by atoms with Gasteiger partial charge in [0, 0.05) is 17.0 Å². The lowest BCUT2D eigenvalue weighted by molar-refractivity contribution is 0.0210. The smallest absolute Gasteiger partial charge is 0.416 e. The van der Waals surface area contributed by atoms with Crippen molar-refractivity contribution >= 4 is 33.7 Å². The third kappa shape index (κ3) is 8.64. The quantitative estimate of drug-likeness (QED) is 0.206. The molecule has 1 aliphatic rings. The van der Waals surface area contributed by atoms with Crippen LogP contribution in [0.4, 0.5) is 19.4 Å². The van der Waals surface area contributed by atoms with Crippen LogP contribution in [0.3, 0.4) is 0 Å². The molecule has 2 aromatic rings. The molecular weight excluding hydrogens is 568 g/mol. The molecule has 228 valence electrons. The predicted octanol–water partition coefficient (Wildman–Crippen LogP) is 7.30. The molecule has 11 heteroatoms. The summed E-state index contributed by atoms with van der Waals surface area (Å²) in [6, 6.07) is 9.24. The number of unbranched alkanes of at least 4 members (excludes halogenated alkanes) is 1. The second kappa shape index (κ2) is 13.0. The highest BCUT2D eigenvalue weighted by molar-refractivity contribution is 7.98. The molecule has 0 saturated carbocycles. The number of fused-ring (bicyclic) bond motifs is 1. The fraction of sp³-hybridized carbons (Fsp3) is 0.600. The van der Waals surface area contributed by atoms with Crippen LogP contribution in [-0.4, -0.2) is 59.0 Å². The Bertz CT molecular complexity index is 1290. The maximum absolute atomic E-state index is 15.8. The van der Waals surface area contributed by atoms with Crippen LogP contribution in [0.2, 0.25) is 0 Å². The minimum absolute atomic E-state index is 0.0202. The Labute approximate surface area is 248 Å². The molecule has 0 spiro atoms. The number of carbonyl (C=O) groups is 1. The number of sulfone groups is 1. The lowest BCUT2D eigenvalue weighted by Gasteiger charge is -2.36. The molecule has 0 N–H and O–H groups in total. The van der Waals surface area contributed by atoms with Gasteiger partial charge < -0.3 is 4.74 Å². The van der Waals surface area contributed by atoms with Gasteiger partial charge in [0.1, 0.15) is 11.4 Å². The number of amides is 1. The Hall–Kier alpha value is -2.24. The van der Waals surface area contributed by atoms with Crippen LogP contribution in [0.1, 0.15) is 78.5 Å². The van der Waals surface area contributed by atoms with Gasteiger partial charge >= 0.3 is 11.3 Å². The molecule has 0 saturated heterocycles. The summed E-state index contributed by atoms with van der Waals surface area (Å²) in [6.45, 7) is 11.7. The normalized spacial score (nSPS) is 15.5. The van der Waals surface area contributed by atoms with E-state index in [0.717, 1.165) is 24.1 Å². The number of alkyl halides is 2. The molecule has 7 nitrogen and oxygen atoms in total. The number of carbonyl (C=O) groups excluding carboxylic acids is 1. The Morgan fingerprint density at radius 3 is 2.34 bits per heavy atom. The van der Waals surface area contributed by atoms with Crippen LogP contribution < -0.4 is 4.90 Å². The van der Waals surface area contributed by atoms with Crippen LogP contribution in [0, 0.1) is 0 Å². The van der Waals surface area contributed by atoms with Crippen molar-refractivity contribution in [3.63, 3.8) is 0 Å². The summed E-state index contributed by atoms with van der Waals surface area (Å²) in [6.07, 6.45) is 2.58. The van der Waals surface area contributed by atoms with Gasteiger partial charge in [0.15, 0.2) is 0 Å². The van der Waals surface area contributed by atoms with E-state index in [0.29, 0.717) is 31.6 Å². The lowest BCUT2D eigenvalue weighted by atomic mass is 10.0. The number of ether oxygens (including phenoxy) is 1. The Kier molecular flexibility index (Phi) is 10.5. The van der Waals surface area contributed by atoms with E-state index >= 15 is 8.78 Å². The van der Waals surface area contributed by atoms with Crippen molar-refractivity contribution in [1.82, 2.24) is 9.29 Å². The van der Waals surface area contributed by atoms with Crippen LogP contribution in [0.5, 0.6) is 0 Å². The third-order valence-corrected chi connectivity index (χ3v) is 9.50. The number of aryl methyl sites for hydroxylation is 2. The van der Waals surface area contributed by atoms with E-state index in [9.17, 15) is 13.2 Å². The molecule has 41 heavy (non-hydrogen) atoms. The summed E-state index contributed by atoms with van der Waals surface area (Å²) >= 11 is 1.21. The highest BCUT2D eigenvalue weighted by atomic mass is 32.2. The van der Waals surface area contributed by atoms with E-state index in [2.05, 4.69) is 0 Å². The van der Waals surface area contributed by atoms with Crippen LogP contribution in [0.25, 0.3) is 0 Å². The van der Waals surface area contributed by atoms with Gasteiger partial charge in [-0.15, -0.1) is 0 Å². The van der Waals surface area contributed by atoms with Crippen molar-refractivity contribution in [2.75, 3.05) is 18.5 Å². The molecule has 1 atom stereocenters. The maximum atomic E-state index is 15.8. The largest absolute Gasteiger partial charge is 0.443 e. The first-order valence-corrected chi connectivity index (χ1v) is 16.3. The standard InChI is InChI=1S/C30H43F2N3O4S2/c1-28(2,3)39-27(36)35-21-13-14-22-19-20-23(33-26(22)35)15-11-12-18-25(34(7)40-29(4,5)6)30(31,32)41(37,38)24-16-9-8-10-17-24/h8-10,16-17,19-20,25H,11-15,18,21H2,1-7H3/t25-/m1/s1. The number of rotatable bonds is 10. The molecule has 1 aliphatic heterocycles. The van der Waals surface area contributed by atoms with Crippen LogP contribution in [-0.2, 0) is 27.4 Å². The molecule has 2 heterocycles. The van der Waals surface area contributed by atoms with Crippen LogP contribution in [0.15, 0.2) is 47.4 Å². The van der Waals surface area contributed by atoms with Gasteiger partial charge in [-0.1, -0.05) is 42.6 Å². The van der Waals surface area contributed by atoms with Crippen molar-refractivity contribution in [2.24, 2.45) is 0 Å². The molecule has 1 amide bonds. The monoisotopic (exact) mass is 611 g/mol. The number of pyridine rings is 1. The summed E-state index contributed by atoms with van der Waals surface area (Å²) in [7, 11) is -3.38. The molecule has 3 rings (SSSR count). The minimum Gasteiger partial charge on any atom is -0.443 e. The van der Waals surface area contributed by atoms with E-state index in [-0.39, 0.29) is 11.2 Å². The van der Waals surface area contributed by atoms with Gasteiger partial charge in [-0.2, -0.15) is 8.78 Å². The summed E-state index contributed by atoms with van der Waals surface area (Å²) < 4.78 is 64.5. The molecule has 1 aromatic heterocycles. The number of hydrogen-bond acceptors (Lipinski definition) is 7. The third-order valence-electron chi connectivity index (χ3n) is 6.53. The zero-order chi connectivity index (χ0) is 30.6. The topological polar surface area (TPSA) is 79.8 Å². The number of nitrogens with zero attached hydrogens (tertiary/aromatic N) is 3. The SMILES string of the molecule is CN(SC(C)(C)C)[C@H](CCCCc1ccc2c(n1)N(C(=O)OC(C)(C)C)CCC2)C(F)(F)S(=O)(=O)c1ccccc1. The number of hydrogen-bond donors (Lipinski definition) is 0. The van der Waals surface area contributed by atoms with Gasteiger partial charge in [-0.3, -0.25) is 4.90 Å². The van der Waals surface area contributed by atoms with E-state index in [1.54, 1.807) is 11.0 Å². The van der Waals surface area contributed by atoms with Gasteiger partial charge in [0.2, 0.25) is 9.84 Å². The lowest BCUT2D eigenvalue weighted by Crippen LogP contribution is -2.49. The van der Waals surface area contributed by atoms with Crippen molar-refractivity contribution in [1.29, 1.82) is 0 Å². The molecule has 0 bridgehead atoms. The maximum Gasteiger partial charge on any atom is 0.416 e. The Balaban J connectivity index is 1.75. The highest BCUT2D eigenvalue weighted by Gasteiger charge is 2.54. The van der Waals surface area contributed by atoms with E-state index < -0.39 is 37.7 Å². The van der Waals surface area contributed by atoms with E-state index in [1.165, 1.54) is 47.6 Å². The molecule has 0 fully saturated rings. The van der Waals surface area contributed by atoms with Gasteiger partial charge in [0.25, 0.3) is 0 Å². The van der Waals surface area contributed by atoms with Crippen molar-refractivity contribution in [3.05, 3.63) is 53.7 Å². The summed E-state index contributed by atoms with van der Waals surface area (Å²) in [5.41, 5.74) is 1.09. The Morgan fingerprint density at radius 2 is 1.73 bits per heavy atom. The van der Waals surface area contributed by atoms with E-state index in [4.69, 9.17) is 9.72 Å². The van der Waals surface area contributed by atoms with E-state index in [1.807, 2.05) is 53.7 Å². The zero-order valence-electron chi connectivity index (χ0n) is 25.1. The first-order chi connectivity index (χ1) is 18.9. The Morgan fingerprint density at radius 1 is 1.07 bits per heavy atom. The molecule has 1 aromatic carbocycles. The summed E-state index contributed by atoms with van der Waals surface area (Å²) in [4.78, 5) is 18.7. The summed E-state index contributed by atoms with van der Waals surface area (Å²) in [5, 5.41) is -4.00. The van der Waals surface area contributed by atoms with Gasteiger partial charge in [0.05, 0.1) is 10.9 Å². The highest BCUT2D eigenvalue weighted by Crippen LogP contribution is 2.41. The summed E-state index contributed by atoms with van der Waals surface area (Å²) in [5.74, 6) is 0.586. The predicted molar refractivity (Wildman–Crippen MR) is 161 cm³/mol. The number of aromatic nitrogens is 1. The molecule has 0 radical (unpaired) electrons. The first-order valence-electron chi connectivity index (χ1n) is 14.0. The number of benzene rings is 1. The minimum atomic E-state index is -4.92. The average Bonchev–Trinajstić information content (AvgIpc) is 2.86. The fourth-order valence-corrected chi connectivity index (χ4v) is 7.51. The fourth-order valence-electron chi connectivity index (χ4n) is 4.75. The molecule has 0 aliphatic carbocycles. The zero-order valence-corrected chi connectivity index (χ0v) is 26.7. The second-order valence-electron chi connectivity index (χ2n) is 12.4. The second-order valence-corrected chi connectivity index (χ2v) is 16.4. The first kappa shape index (κ1) is 33.3.